The lowest BCUT2D eigenvalue weighted by Crippen LogP contribution is -2.21. The zero-order valence-corrected chi connectivity index (χ0v) is 9.06. The predicted octanol–water partition coefficient (Wildman–Crippen LogP) is 1.86. The fourth-order valence-corrected chi connectivity index (χ4v) is 2.01. The average molecular weight is 201 g/mol. The van der Waals surface area contributed by atoms with Gasteiger partial charge in [0, 0.05) is 5.75 Å². The number of aliphatic imine (C=N–C) groups is 1. The zero-order chi connectivity index (χ0) is 9.84. The first-order chi connectivity index (χ1) is 6.13. The highest BCUT2D eigenvalue weighted by atomic mass is 32.2. The van der Waals surface area contributed by atoms with E-state index in [0.29, 0.717) is 11.5 Å². The molecule has 0 N–H and O–H groups in total. The summed E-state index contributed by atoms with van der Waals surface area (Å²) in [7, 11) is 0. The molecule has 4 heteroatoms. The van der Waals surface area contributed by atoms with Gasteiger partial charge in [0.05, 0.1) is 11.5 Å². The summed E-state index contributed by atoms with van der Waals surface area (Å²) in [6, 6.07) is 0. The Kier molecular flexibility index (Phi) is 3.78. The van der Waals surface area contributed by atoms with Crippen LogP contribution in [-0.2, 0) is 9.53 Å². The summed E-state index contributed by atoms with van der Waals surface area (Å²) < 4.78 is 5.04. The molecule has 1 aliphatic heterocycles. The van der Waals surface area contributed by atoms with E-state index in [1.165, 1.54) is 0 Å². The Labute approximate surface area is 82.9 Å². The van der Waals surface area contributed by atoms with Gasteiger partial charge in [-0.15, -0.1) is 11.8 Å². The lowest BCUT2D eigenvalue weighted by Gasteiger charge is -2.06. The van der Waals surface area contributed by atoms with E-state index < -0.39 is 0 Å². The van der Waals surface area contributed by atoms with Crippen LogP contribution in [-0.4, -0.2) is 28.9 Å². The smallest absolute Gasteiger partial charge is 0.353 e. The molecule has 74 valence electrons. The molecule has 0 bridgehead atoms. The molecule has 0 saturated heterocycles. The maximum atomic E-state index is 11.4. The van der Waals surface area contributed by atoms with E-state index in [2.05, 4.69) is 11.9 Å². The molecule has 0 saturated carbocycles. The Hall–Kier alpha value is -0.510. The molecule has 0 spiro atoms. The molecule has 0 unspecified atom stereocenters. The average Bonchev–Trinajstić information content (AvgIpc) is 2.50. The first-order valence-electron chi connectivity index (χ1n) is 4.52. The van der Waals surface area contributed by atoms with Crippen LogP contribution in [0.3, 0.4) is 0 Å². The Morgan fingerprint density at radius 3 is 2.92 bits per heavy atom. The molecular weight excluding hydrogens is 186 g/mol. The van der Waals surface area contributed by atoms with E-state index in [9.17, 15) is 4.79 Å². The van der Waals surface area contributed by atoms with Crippen LogP contribution in [0, 0.1) is 0 Å². The van der Waals surface area contributed by atoms with Gasteiger partial charge >= 0.3 is 5.97 Å². The van der Waals surface area contributed by atoms with E-state index in [4.69, 9.17) is 4.74 Å². The monoisotopic (exact) mass is 201 g/mol. The molecule has 0 radical (unpaired) electrons. The molecule has 0 aliphatic carbocycles. The standard InChI is InChI=1S/C9H15NO2S/c1-4-8-10-7(5-13-8)9(11)12-6(2)3/h6,8H,4-5H2,1-3H3/t8-/m0/s1. The van der Waals surface area contributed by atoms with E-state index in [0.717, 1.165) is 6.42 Å². The van der Waals surface area contributed by atoms with Crippen LogP contribution in [0.15, 0.2) is 4.99 Å². The Morgan fingerprint density at radius 2 is 2.46 bits per heavy atom. The summed E-state index contributed by atoms with van der Waals surface area (Å²) in [6.07, 6.45) is 0.921. The highest BCUT2D eigenvalue weighted by Gasteiger charge is 2.23. The van der Waals surface area contributed by atoms with Gasteiger partial charge in [-0.2, -0.15) is 0 Å². The lowest BCUT2D eigenvalue weighted by molar-refractivity contribution is -0.139. The molecule has 1 aliphatic rings. The highest BCUT2D eigenvalue weighted by molar-refractivity contribution is 8.01. The number of thioether (sulfide) groups is 1. The van der Waals surface area contributed by atoms with Crippen LogP contribution in [0.4, 0.5) is 0 Å². The van der Waals surface area contributed by atoms with E-state index >= 15 is 0 Å². The van der Waals surface area contributed by atoms with Crippen molar-refractivity contribution in [3.63, 3.8) is 0 Å². The van der Waals surface area contributed by atoms with Crippen molar-refractivity contribution < 1.29 is 9.53 Å². The minimum absolute atomic E-state index is 0.0547. The van der Waals surface area contributed by atoms with Crippen molar-refractivity contribution in [2.45, 2.75) is 38.7 Å². The summed E-state index contributed by atoms with van der Waals surface area (Å²) >= 11 is 1.70. The minimum atomic E-state index is -0.251. The quantitative estimate of drug-likeness (QED) is 0.654. The molecule has 1 rings (SSSR count). The van der Waals surface area contributed by atoms with Crippen molar-refractivity contribution in [2.24, 2.45) is 4.99 Å². The third-order valence-corrected chi connectivity index (χ3v) is 2.90. The topological polar surface area (TPSA) is 38.7 Å². The van der Waals surface area contributed by atoms with Crippen LogP contribution in [0.25, 0.3) is 0 Å². The first kappa shape index (κ1) is 10.6. The van der Waals surface area contributed by atoms with Crippen molar-refractivity contribution in [1.29, 1.82) is 0 Å². The fourth-order valence-electron chi connectivity index (χ4n) is 1.03. The Morgan fingerprint density at radius 1 is 1.77 bits per heavy atom. The Balaban J connectivity index is 2.49. The maximum Gasteiger partial charge on any atom is 0.353 e. The number of hydrogen-bond acceptors (Lipinski definition) is 4. The number of hydrogen-bond donors (Lipinski definition) is 0. The maximum absolute atomic E-state index is 11.4. The van der Waals surface area contributed by atoms with Gasteiger partial charge in [0.2, 0.25) is 0 Å². The van der Waals surface area contributed by atoms with Gasteiger partial charge < -0.3 is 4.74 Å². The van der Waals surface area contributed by atoms with Gasteiger partial charge in [0.25, 0.3) is 0 Å². The summed E-state index contributed by atoms with van der Waals surface area (Å²) in [4.78, 5) is 15.6. The second kappa shape index (κ2) is 4.65. The highest BCUT2D eigenvalue weighted by Crippen LogP contribution is 2.23. The SMILES string of the molecule is CC[C@H]1N=C(C(=O)OC(C)C)CS1. The summed E-state index contributed by atoms with van der Waals surface area (Å²) in [5.74, 6) is 0.447. The first-order valence-corrected chi connectivity index (χ1v) is 5.57. The lowest BCUT2D eigenvalue weighted by atomic mass is 10.4. The molecule has 0 aromatic carbocycles. The largest absolute Gasteiger partial charge is 0.458 e. The molecule has 0 fully saturated rings. The second-order valence-electron chi connectivity index (χ2n) is 3.20. The molecule has 13 heavy (non-hydrogen) atoms. The van der Waals surface area contributed by atoms with Crippen LogP contribution in [0.1, 0.15) is 27.2 Å². The number of ether oxygens (including phenoxy) is 1. The van der Waals surface area contributed by atoms with Crippen LogP contribution < -0.4 is 0 Å². The third kappa shape index (κ3) is 3.03. The summed E-state index contributed by atoms with van der Waals surface area (Å²) in [5.41, 5.74) is 0.588. The van der Waals surface area contributed by atoms with Crippen molar-refractivity contribution in [3.8, 4) is 0 Å². The number of esters is 1. The molecule has 3 nitrogen and oxygen atoms in total. The molecule has 1 atom stereocenters. The van der Waals surface area contributed by atoms with Gasteiger partial charge in [-0.3, -0.25) is 4.99 Å². The van der Waals surface area contributed by atoms with Gasteiger partial charge in [-0.25, -0.2) is 4.79 Å². The van der Waals surface area contributed by atoms with Gasteiger partial charge in [0.15, 0.2) is 0 Å². The third-order valence-electron chi connectivity index (χ3n) is 1.64. The zero-order valence-electron chi connectivity index (χ0n) is 8.24. The van der Waals surface area contributed by atoms with Crippen molar-refractivity contribution in [3.05, 3.63) is 0 Å². The Bertz CT molecular complexity index is 226. The van der Waals surface area contributed by atoms with Crippen LogP contribution in [0.5, 0.6) is 0 Å². The summed E-state index contributed by atoms with van der Waals surface area (Å²) in [6.45, 7) is 5.76. The van der Waals surface area contributed by atoms with Crippen molar-refractivity contribution in [2.75, 3.05) is 5.75 Å². The van der Waals surface area contributed by atoms with Crippen LogP contribution in [0.2, 0.25) is 0 Å². The summed E-state index contributed by atoms with van der Waals surface area (Å²) in [5, 5.41) is 0.259. The predicted molar refractivity (Wildman–Crippen MR) is 55.2 cm³/mol. The van der Waals surface area contributed by atoms with Gasteiger partial charge in [-0.1, -0.05) is 6.92 Å². The van der Waals surface area contributed by atoms with E-state index in [1.807, 2.05) is 13.8 Å². The molecule has 0 aromatic heterocycles. The molecule has 1 heterocycles. The van der Waals surface area contributed by atoms with Gasteiger partial charge in [0.1, 0.15) is 5.71 Å². The van der Waals surface area contributed by atoms with Gasteiger partial charge in [-0.05, 0) is 20.3 Å². The fraction of sp³-hybridized carbons (Fsp3) is 0.778. The van der Waals surface area contributed by atoms with E-state index in [1.54, 1.807) is 11.8 Å². The minimum Gasteiger partial charge on any atom is -0.458 e. The molecule has 0 aromatic rings. The van der Waals surface area contributed by atoms with Crippen molar-refractivity contribution in [1.82, 2.24) is 0 Å². The van der Waals surface area contributed by atoms with E-state index in [-0.39, 0.29) is 17.4 Å². The van der Waals surface area contributed by atoms with Crippen LogP contribution >= 0.6 is 11.8 Å². The van der Waals surface area contributed by atoms with Crippen molar-refractivity contribution >= 4 is 23.4 Å². The second-order valence-corrected chi connectivity index (χ2v) is 4.37. The molecule has 0 amide bonds. The normalized spacial score (nSPS) is 21.8. The number of carbonyl (C=O) groups is 1. The molecular formula is C9H15NO2S. The number of rotatable bonds is 3. The number of nitrogens with zero attached hydrogens (tertiary/aromatic N) is 1. The number of carbonyl (C=O) groups excluding carboxylic acids is 1.